The second kappa shape index (κ2) is 6.43. The number of halogens is 4. The maximum Gasteiger partial charge on any atom is 0.416 e. The van der Waals surface area contributed by atoms with Crippen molar-refractivity contribution < 1.29 is 13.2 Å². The van der Waals surface area contributed by atoms with Crippen LogP contribution in [-0.2, 0) is 12.6 Å². The summed E-state index contributed by atoms with van der Waals surface area (Å²) in [7, 11) is 0. The summed E-state index contributed by atoms with van der Waals surface area (Å²) in [6, 6.07) is 6.49. The first-order valence-electron chi connectivity index (χ1n) is 6.36. The minimum Gasteiger partial charge on any atom is -0.340 e. The average molecular weight is 360 g/mol. The number of rotatable bonds is 4. The Balaban J connectivity index is 2.18. The normalized spacial score (nSPS) is 11.5. The van der Waals surface area contributed by atoms with E-state index < -0.39 is 11.7 Å². The van der Waals surface area contributed by atoms with Crippen molar-refractivity contribution in [1.29, 1.82) is 0 Å². The van der Waals surface area contributed by atoms with Crippen LogP contribution in [0.2, 0.25) is 0 Å². The Morgan fingerprint density at radius 1 is 1.14 bits per heavy atom. The standard InChI is InChI=1S/C14H13BrF3N3/c1-2-3-12-20-11(15)8-13(21-12)19-10-6-4-9(5-7-10)14(16,17)18/h4-8H,2-3H2,1H3,(H,19,20,21). The largest absolute Gasteiger partial charge is 0.416 e. The lowest BCUT2D eigenvalue weighted by molar-refractivity contribution is -0.137. The molecule has 0 aliphatic heterocycles. The molecule has 0 aliphatic carbocycles. The van der Waals surface area contributed by atoms with Crippen molar-refractivity contribution in [1.82, 2.24) is 9.97 Å². The van der Waals surface area contributed by atoms with E-state index in [0.717, 1.165) is 25.0 Å². The zero-order valence-electron chi connectivity index (χ0n) is 11.2. The van der Waals surface area contributed by atoms with Gasteiger partial charge >= 0.3 is 6.18 Å². The van der Waals surface area contributed by atoms with Crippen LogP contribution < -0.4 is 5.32 Å². The van der Waals surface area contributed by atoms with Crippen LogP contribution in [-0.4, -0.2) is 9.97 Å². The molecule has 0 atom stereocenters. The maximum atomic E-state index is 12.5. The summed E-state index contributed by atoms with van der Waals surface area (Å²) >= 11 is 3.29. The smallest absolute Gasteiger partial charge is 0.340 e. The molecule has 112 valence electrons. The van der Waals surface area contributed by atoms with Crippen molar-refractivity contribution in [2.24, 2.45) is 0 Å². The van der Waals surface area contributed by atoms with Gasteiger partial charge in [0.25, 0.3) is 0 Å². The van der Waals surface area contributed by atoms with Gasteiger partial charge in [0.1, 0.15) is 16.2 Å². The van der Waals surface area contributed by atoms with E-state index in [0.29, 0.717) is 21.9 Å². The Hall–Kier alpha value is -1.63. The summed E-state index contributed by atoms with van der Waals surface area (Å²) in [6.07, 6.45) is -2.68. The minimum atomic E-state index is -4.33. The number of alkyl halides is 3. The fraction of sp³-hybridized carbons (Fsp3) is 0.286. The molecule has 0 unspecified atom stereocenters. The van der Waals surface area contributed by atoms with Gasteiger partial charge in [-0.3, -0.25) is 0 Å². The first-order chi connectivity index (χ1) is 9.88. The van der Waals surface area contributed by atoms with Crippen LogP contribution in [0.3, 0.4) is 0 Å². The lowest BCUT2D eigenvalue weighted by atomic mass is 10.2. The third-order valence-corrected chi connectivity index (χ3v) is 3.11. The van der Waals surface area contributed by atoms with Gasteiger partial charge in [0.2, 0.25) is 0 Å². The Morgan fingerprint density at radius 2 is 1.81 bits per heavy atom. The second-order valence-electron chi connectivity index (χ2n) is 4.44. The topological polar surface area (TPSA) is 37.8 Å². The molecule has 0 radical (unpaired) electrons. The van der Waals surface area contributed by atoms with Crippen molar-refractivity contribution in [2.45, 2.75) is 25.9 Å². The van der Waals surface area contributed by atoms with Crippen LogP contribution in [0.5, 0.6) is 0 Å². The van der Waals surface area contributed by atoms with Gasteiger partial charge < -0.3 is 5.32 Å². The van der Waals surface area contributed by atoms with Crippen molar-refractivity contribution >= 4 is 27.4 Å². The monoisotopic (exact) mass is 359 g/mol. The summed E-state index contributed by atoms with van der Waals surface area (Å²) < 4.78 is 38.1. The third-order valence-electron chi connectivity index (χ3n) is 2.70. The SMILES string of the molecule is CCCc1nc(Br)cc(Nc2ccc(C(F)(F)F)cc2)n1. The molecule has 21 heavy (non-hydrogen) atoms. The van der Waals surface area contributed by atoms with Gasteiger partial charge in [-0.15, -0.1) is 0 Å². The number of nitrogens with one attached hydrogen (secondary N) is 1. The fourth-order valence-corrected chi connectivity index (χ4v) is 2.18. The van der Waals surface area contributed by atoms with Crippen LogP contribution in [0.1, 0.15) is 24.7 Å². The highest BCUT2D eigenvalue weighted by Crippen LogP contribution is 2.30. The van der Waals surface area contributed by atoms with E-state index in [2.05, 4.69) is 31.2 Å². The Bertz CT molecular complexity index is 612. The minimum absolute atomic E-state index is 0.538. The second-order valence-corrected chi connectivity index (χ2v) is 5.25. The zero-order valence-corrected chi connectivity index (χ0v) is 12.8. The van der Waals surface area contributed by atoms with Crippen LogP contribution >= 0.6 is 15.9 Å². The number of aryl methyl sites for hydroxylation is 1. The molecule has 1 aromatic heterocycles. The van der Waals surface area contributed by atoms with Crippen molar-refractivity contribution in [3.05, 3.63) is 46.3 Å². The molecule has 2 rings (SSSR count). The van der Waals surface area contributed by atoms with Gasteiger partial charge in [0.05, 0.1) is 5.56 Å². The molecule has 0 bridgehead atoms. The van der Waals surface area contributed by atoms with Crippen molar-refractivity contribution in [2.75, 3.05) is 5.32 Å². The van der Waals surface area contributed by atoms with E-state index in [9.17, 15) is 13.2 Å². The summed E-state index contributed by atoms with van der Waals surface area (Å²) in [4.78, 5) is 8.54. The molecular weight excluding hydrogens is 347 g/mol. The highest BCUT2D eigenvalue weighted by Gasteiger charge is 2.29. The van der Waals surface area contributed by atoms with Crippen LogP contribution in [0.25, 0.3) is 0 Å². The molecule has 0 fully saturated rings. The third kappa shape index (κ3) is 4.42. The average Bonchev–Trinajstić information content (AvgIpc) is 2.38. The fourth-order valence-electron chi connectivity index (χ4n) is 1.75. The van der Waals surface area contributed by atoms with Crippen LogP contribution in [0.4, 0.5) is 24.7 Å². The first-order valence-corrected chi connectivity index (χ1v) is 7.15. The Labute approximate surface area is 128 Å². The van der Waals surface area contributed by atoms with Gasteiger partial charge in [-0.25, -0.2) is 9.97 Å². The predicted molar refractivity (Wildman–Crippen MR) is 78.5 cm³/mol. The van der Waals surface area contributed by atoms with E-state index in [1.807, 2.05) is 6.92 Å². The van der Waals surface area contributed by atoms with E-state index in [1.54, 1.807) is 6.07 Å². The Kier molecular flexibility index (Phi) is 4.82. The van der Waals surface area contributed by atoms with Gasteiger partial charge in [-0.05, 0) is 46.6 Å². The van der Waals surface area contributed by atoms with Gasteiger partial charge in [-0.1, -0.05) is 6.92 Å². The number of benzene rings is 1. The van der Waals surface area contributed by atoms with Gasteiger partial charge in [0, 0.05) is 18.2 Å². The van der Waals surface area contributed by atoms with Crippen molar-refractivity contribution in [3.8, 4) is 0 Å². The van der Waals surface area contributed by atoms with Crippen molar-refractivity contribution in [3.63, 3.8) is 0 Å². The number of hydrogen-bond acceptors (Lipinski definition) is 3. The molecule has 0 spiro atoms. The summed E-state index contributed by atoms with van der Waals surface area (Å²) in [5, 5.41) is 2.97. The van der Waals surface area contributed by atoms with E-state index in [4.69, 9.17) is 0 Å². The van der Waals surface area contributed by atoms with Gasteiger partial charge in [-0.2, -0.15) is 13.2 Å². The molecule has 2 aromatic rings. The highest BCUT2D eigenvalue weighted by atomic mass is 79.9. The lowest BCUT2D eigenvalue weighted by Gasteiger charge is -2.10. The van der Waals surface area contributed by atoms with Gasteiger partial charge in [0.15, 0.2) is 0 Å². The zero-order chi connectivity index (χ0) is 15.5. The summed E-state index contributed by atoms with van der Waals surface area (Å²) in [5.74, 6) is 1.22. The van der Waals surface area contributed by atoms with Crippen LogP contribution in [0.15, 0.2) is 34.9 Å². The maximum absolute atomic E-state index is 12.5. The molecule has 7 heteroatoms. The molecule has 1 heterocycles. The Morgan fingerprint density at radius 3 is 2.38 bits per heavy atom. The molecular formula is C14H13BrF3N3. The number of nitrogens with zero attached hydrogens (tertiary/aromatic N) is 2. The van der Waals surface area contributed by atoms with E-state index in [-0.39, 0.29) is 0 Å². The lowest BCUT2D eigenvalue weighted by Crippen LogP contribution is -2.05. The summed E-state index contributed by atoms with van der Waals surface area (Å²) in [5.41, 5.74) is -0.139. The highest BCUT2D eigenvalue weighted by molar-refractivity contribution is 9.10. The first kappa shape index (κ1) is 15.8. The molecule has 1 N–H and O–H groups in total. The molecule has 1 aromatic carbocycles. The number of anilines is 2. The molecule has 0 aliphatic rings. The molecule has 0 saturated heterocycles. The molecule has 0 amide bonds. The quantitative estimate of drug-likeness (QED) is 0.784. The molecule has 0 saturated carbocycles. The summed E-state index contributed by atoms with van der Waals surface area (Å²) in [6.45, 7) is 2.02. The molecule has 3 nitrogen and oxygen atoms in total. The predicted octanol–water partition coefficient (Wildman–Crippen LogP) is 4.95. The van der Waals surface area contributed by atoms with E-state index in [1.165, 1.54) is 12.1 Å². The van der Waals surface area contributed by atoms with E-state index >= 15 is 0 Å². The number of aromatic nitrogens is 2. The van der Waals surface area contributed by atoms with Crippen LogP contribution in [0, 0.1) is 0 Å². The number of hydrogen-bond donors (Lipinski definition) is 1.